The van der Waals surface area contributed by atoms with Crippen molar-refractivity contribution in [1.82, 2.24) is 0 Å². The zero-order chi connectivity index (χ0) is 22.3. The summed E-state index contributed by atoms with van der Waals surface area (Å²) in [7, 11) is 1.20. The second-order valence-electron chi connectivity index (χ2n) is 5.69. The summed E-state index contributed by atoms with van der Waals surface area (Å²) in [5.41, 5.74) is 0.257. The lowest BCUT2D eigenvalue weighted by molar-refractivity contribution is -0.142. The van der Waals surface area contributed by atoms with E-state index in [1.54, 1.807) is 6.07 Å². The van der Waals surface area contributed by atoms with Gasteiger partial charge in [-0.2, -0.15) is 5.26 Å². The van der Waals surface area contributed by atoms with Crippen molar-refractivity contribution >= 4 is 52.8 Å². The minimum absolute atomic E-state index is 0.0172. The van der Waals surface area contributed by atoms with Gasteiger partial charge in [0.25, 0.3) is 5.91 Å². The van der Waals surface area contributed by atoms with E-state index in [9.17, 15) is 19.6 Å². The van der Waals surface area contributed by atoms with Crippen LogP contribution in [0.4, 0.5) is 5.69 Å². The third-order valence-electron chi connectivity index (χ3n) is 3.63. The first-order chi connectivity index (χ1) is 14.2. The second-order valence-corrected chi connectivity index (χ2v) is 6.50. The SMILES string of the molecule is COC(=O)COc1c(Cl)cc(/C=C(/C#N)C(=O)Nc2cccc(C(=O)O)c2)cc1Cl. The fourth-order valence-electron chi connectivity index (χ4n) is 2.23. The minimum atomic E-state index is -1.15. The van der Waals surface area contributed by atoms with Crippen LogP contribution in [0.3, 0.4) is 0 Å². The van der Waals surface area contributed by atoms with Crippen LogP contribution in [0, 0.1) is 11.3 Å². The van der Waals surface area contributed by atoms with Gasteiger partial charge in [0.05, 0.1) is 22.7 Å². The van der Waals surface area contributed by atoms with Crippen molar-refractivity contribution < 1.29 is 29.0 Å². The average Bonchev–Trinajstić information content (AvgIpc) is 2.71. The Kier molecular flexibility index (Phi) is 7.81. The van der Waals surface area contributed by atoms with Crippen molar-refractivity contribution in [3.8, 4) is 11.8 Å². The number of amides is 1. The van der Waals surface area contributed by atoms with Gasteiger partial charge in [-0.25, -0.2) is 9.59 Å². The highest BCUT2D eigenvalue weighted by Gasteiger charge is 2.14. The summed E-state index contributed by atoms with van der Waals surface area (Å²) < 4.78 is 9.68. The Morgan fingerprint density at radius 2 is 1.87 bits per heavy atom. The van der Waals surface area contributed by atoms with Crippen LogP contribution in [0.5, 0.6) is 5.75 Å². The molecule has 0 atom stereocenters. The smallest absolute Gasteiger partial charge is 0.343 e. The Labute approximate surface area is 181 Å². The molecule has 1 amide bonds. The molecule has 0 saturated heterocycles. The van der Waals surface area contributed by atoms with Crippen LogP contribution in [0.1, 0.15) is 15.9 Å². The van der Waals surface area contributed by atoms with Crippen molar-refractivity contribution in [2.45, 2.75) is 0 Å². The van der Waals surface area contributed by atoms with Crippen LogP contribution in [0.2, 0.25) is 10.0 Å². The molecular weight excluding hydrogens is 435 g/mol. The summed E-state index contributed by atoms with van der Waals surface area (Å²) in [6.07, 6.45) is 1.25. The predicted molar refractivity (Wildman–Crippen MR) is 110 cm³/mol. The fraction of sp³-hybridized carbons (Fsp3) is 0.100. The minimum Gasteiger partial charge on any atom is -0.479 e. The van der Waals surface area contributed by atoms with Crippen LogP contribution >= 0.6 is 23.2 Å². The van der Waals surface area contributed by atoms with Crippen molar-refractivity contribution in [1.29, 1.82) is 5.26 Å². The fourth-order valence-corrected chi connectivity index (χ4v) is 2.85. The highest BCUT2D eigenvalue weighted by molar-refractivity contribution is 6.37. The number of nitriles is 1. The van der Waals surface area contributed by atoms with E-state index in [1.165, 1.54) is 49.6 Å². The Morgan fingerprint density at radius 3 is 2.43 bits per heavy atom. The predicted octanol–water partition coefficient (Wildman–Crippen LogP) is 3.79. The number of nitrogens with zero attached hydrogens (tertiary/aromatic N) is 1. The van der Waals surface area contributed by atoms with Crippen LogP contribution in [-0.2, 0) is 14.3 Å². The topological polar surface area (TPSA) is 126 Å². The van der Waals surface area contributed by atoms with E-state index in [1.807, 2.05) is 0 Å². The van der Waals surface area contributed by atoms with Gasteiger partial charge in [-0.15, -0.1) is 0 Å². The maximum absolute atomic E-state index is 12.4. The number of nitrogens with one attached hydrogen (secondary N) is 1. The summed E-state index contributed by atoms with van der Waals surface area (Å²) in [5, 5.41) is 20.9. The lowest BCUT2D eigenvalue weighted by atomic mass is 10.1. The van der Waals surface area contributed by atoms with E-state index in [0.29, 0.717) is 5.56 Å². The second kappa shape index (κ2) is 10.3. The van der Waals surface area contributed by atoms with E-state index >= 15 is 0 Å². The molecule has 2 N–H and O–H groups in total. The third-order valence-corrected chi connectivity index (χ3v) is 4.19. The lowest BCUT2D eigenvalue weighted by Crippen LogP contribution is -2.14. The molecule has 0 spiro atoms. The number of halogens is 2. The number of hydrogen-bond donors (Lipinski definition) is 2. The summed E-state index contributed by atoms with van der Waals surface area (Å²) in [6, 6.07) is 10.1. The van der Waals surface area contributed by atoms with Gasteiger partial charge >= 0.3 is 11.9 Å². The average molecular weight is 449 g/mol. The largest absolute Gasteiger partial charge is 0.479 e. The first-order valence-electron chi connectivity index (χ1n) is 8.20. The molecule has 30 heavy (non-hydrogen) atoms. The zero-order valence-electron chi connectivity index (χ0n) is 15.4. The normalized spacial score (nSPS) is 10.7. The molecule has 154 valence electrons. The number of carbonyl (C=O) groups is 3. The molecule has 0 aromatic heterocycles. The number of carbonyl (C=O) groups excluding carboxylic acids is 2. The molecule has 10 heteroatoms. The van der Waals surface area contributed by atoms with E-state index in [-0.39, 0.29) is 32.6 Å². The summed E-state index contributed by atoms with van der Waals surface area (Å²) in [5.74, 6) is -2.48. The maximum Gasteiger partial charge on any atom is 0.343 e. The third kappa shape index (κ3) is 5.98. The first kappa shape index (κ1) is 22.7. The van der Waals surface area contributed by atoms with Gasteiger partial charge < -0.3 is 19.9 Å². The number of benzene rings is 2. The zero-order valence-corrected chi connectivity index (χ0v) is 17.0. The molecule has 0 aliphatic heterocycles. The van der Waals surface area contributed by atoms with Crippen molar-refractivity contribution in [2.24, 2.45) is 0 Å². The molecule has 0 fully saturated rings. The molecular formula is C20H14Cl2N2O6. The van der Waals surface area contributed by atoms with E-state index < -0.39 is 24.5 Å². The highest BCUT2D eigenvalue weighted by atomic mass is 35.5. The molecule has 0 aliphatic carbocycles. The van der Waals surface area contributed by atoms with Gasteiger partial charge in [-0.3, -0.25) is 4.79 Å². The number of carboxylic acids is 1. The number of anilines is 1. The molecule has 2 aromatic rings. The van der Waals surface area contributed by atoms with Gasteiger partial charge in [0.15, 0.2) is 12.4 Å². The van der Waals surface area contributed by atoms with Gasteiger partial charge in [0.2, 0.25) is 0 Å². The Hall–Kier alpha value is -3.54. The van der Waals surface area contributed by atoms with Crippen molar-refractivity contribution in [2.75, 3.05) is 19.0 Å². The number of esters is 1. The molecule has 0 heterocycles. The Balaban J connectivity index is 2.24. The standard InChI is InChI=1S/C20H14Cl2N2O6/c1-29-17(25)10-30-18-15(21)6-11(7-16(18)22)5-13(9-23)19(26)24-14-4-2-3-12(8-14)20(27)28/h2-8H,10H2,1H3,(H,24,26)(H,27,28)/b13-5-. The number of rotatable bonds is 7. The molecule has 2 rings (SSSR count). The first-order valence-corrected chi connectivity index (χ1v) is 8.96. The molecule has 0 radical (unpaired) electrons. The highest BCUT2D eigenvalue weighted by Crippen LogP contribution is 2.35. The molecule has 0 saturated carbocycles. The summed E-state index contributed by atoms with van der Waals surface area (Å²) in [6.45, 7) is -0.396. The quantitative estimate of drug-likeness (QED) is 0.374. The lowest BCUT2D eigenvalue weighted by Gasteiger charge is -2.10. The number of methoxy groups -OCH3 is 1. The van der Waals surface area contributed by atoms with Gasteiger partial charge in [0.1, 0.15) is 11.6 Å². The maximum atomic E-state index is 12.4. The molecule has 2 aromatic carbocycles. The monoisotopic (exact) mass is 448 g/mol. The number of ether oxygens (including phenoxy) is 2. The van der Waals surface area contributed by atoms with Crippen molar-refractivity contribution in [3.63, 3.8) is 0 Å². The van der Waals surface area contributed by atoms with E-state index in [0.717, 1.165) is 0 Å². The number of hydrogen-bond acceptors (Lipinski definition) is 6. The van der Waals surface area contributed by atoms with Crippen LogP contribution in [0.25, 0.3) is 6.08 Å². The van der Waals surface area contributed by atoms with E-state index in [2.05, 4.69) is 10.1 Å². The van der Waals surface area contributed by atoms with Crippen LogP contribution < -0.4 is 10.1 Å². The molecule has 0 unspecified atom stereocenters. The number of carboxylic acid groups (broad SMARTS) is 1. The summed E-state index contributed by atoms with van der Waals surface area (Å²) >= 11 is 12.2. The Morgan fingerprint density at radius 1 is 1.20 bits per heavy atom. The van der Waals surface area contributed by atoms with Gasteiger partial charge in [-0.1, -0.05) is 29.3 Å². The van der Waals surface area contributed by atoms with Crippen molar-refractivity contribution in [3.05, 3.63) is 63.1 Å². The molecule has 8 nitrogen and oxygen atoms in total. The number of aromatic carboxylic acids is 1. The van der Waals surface area contributed by atoms with Gasteiger partial charge in [0, 0.05) is 5.69 Å². The van der Waals surface area contributed by atoms with Crippen LogP contribution in [0.15, 0.2) is 42.0 Å². The Bertz CT molecular complexity index is 1050. The van der Waals surface area contributed by atoms with E-state index in [4.69, 9.17) is 33.0 Å². The molecule has 0 aliphatic rings. The molecule has 0 bridgehead atoms. The summed E-state index contributed by atoms with van der Waals surface area (Å²) in [4.78, 5) is 34.6. The van der Waals surface area contributed by atoms with Crippen LogP contribution in [-0.4, -0.2) is 36.7 Å². The van der Waals surface area contributed by atoms with Gasteiger partial charge in [-0.05, 0) is 42.0 Å².